The van der Waals surface area contributed by atoms with E-state index < -0.39 is 0 Å². The highest BCUT2D eigenvalue weighted by Gasteiger charge is 2.01. The van der Waals surface area contributed by atoms with Crippen LogP contribution in [0.15, 0.2) is 29.1 Å². The van der Waals surface area contributed by atoms with Crippen molar-refractivity contribution in [2.75, 3.05) is 13.6 Å². The van der Waals surface area contributed by atoms with Crippen LogP contribution in [0.4, 0.5) is 0 Å². The summed E-state index contributed by atoms with van der Waals surface area (Å²) in [5, 5.41) is 3.72. The Kier molecular flexibility index (Phi) is 3.89. The molecule has 1 heterocycles. The minimum atomic E-state index is -0.0806. The molecule has 2 rings (SSSR count). The molecule has 0 amide bonds. The smallest absolute Gasteiger partial charge is 0.258 e. The van der Waals surface area contributed by atoms with Crippen LogP contribution >= 0.6 is 0 Å². The molecule has 0 unspecified atom stereocenters. The minimum absolute atomic E-state index is 0.0806. The second-order valence-corrected chi connectivity index (χ2v) is 4.22. The lowest BCUT2D eigenvalue weighted by Gasteiger charge is -2.00. The summed E-state index contributed by atoms with van der Waals surface area (Å²) >= 11 is 0. The summed E-state index contributed by atoms with van der Waals surface area (Å²) in [5.41, 5.74) is 1.68. The number of nitrogens with one attached hydrogen (secondary N) is 2. The maximum atomic E-state index is 11.8. The molecular formula is C14H17N3O. The Balaban J connectivity index is 2.33. The third-order valence-corrected chi connectivity index (χ3v) is 2.72. The number of hydrogen-bond donors (Lipinski definition) is 2. The number of aryl methyl sites for hydroxylation is 1. The Labute approximate surface area is 106 Å². The van der Waals surface area contributed by atoms with Crippen LogP contribution in [0.2, 0.25) is 0 Å². The first-order valence-corrected chi connectivity index (χ1v) is 6.02. The molecule has 4 heteroatoms. The maximum absolute atomic E-state index is 11.8. The zero-order chi connectivity index (χ0) is 13.0. The molecule has 1 aromatic heterocycles. The SMILES string of the molecule is CNCCC=Cc1ccc2nc(C)[nH]c(=O)c2c1. The predicted molar refractivity (Wildman–Crippen MR) is 74.7 cm³/mol. The van der Waals surface area contributed by atoms with Gasteiger partial charge in [0.2, 0.25) is 0 Å². The fraction of sp³-hybridized carbons (Fsp3) is 0.286. The molecule has 0 saturated heterocycles. The van der Waals surface area contributed by atoms with Crippen molar-refractivity contribution in [1.82, 2.24) is 15.3 Å². The van der Waals surface area contributed by atoms with Crippen LogP contribution in [-0.2, 0) is 0 Å². The lowest BCUT2D eigenvalue weighted by Crippen LogP contribution is -2.09. The van der Waals surface area contributed by atoms with Gasteiger partial charge in [-0.05, 0) is 44.6 Å². The average molecular weight is 243 g/mol. The van der Waals surface area contributed by atoms with E-state index in [4.69, 9.17) is 0 Å². The summed E-state index contributed by atoms with van der Waals surface area (Å²) in [5.74, 6) is 0.643. The van der Waals surface area contributed by atoms with Crippen molar-refractivity contribution in [2.24, 2.45) is 0 Å². The summed E-state index contributed by atoms with van der Waals surface area (Å²) in [4.78, 5) is 18.8. The van der Waals surface area contributed by atoms with Crippen LogP contribution in [0.3, 0.4) is 0 Å². The third kappa shape index (κ3) is 2.84. The molecule has 18 heavy (non-hydrogen) atoms. The Hall–Kier alpha value is -1.94. The number of H-pyrrole nitrogens is 1. The van der Waals surface area contributed by atoms with Gasteiger partial charge in [-0.3, -0.25) is 4.79 Å². The number of nitrogens with zero attached hydrogens (tertiary/aromatic N) is 1. The Morgan fingerprint density at radius 2 is 2.28 bits per heavy atom. The van der Waals surface area contributed by atoms with Crippen LogP contribution in [0.5, 0.6) is 0 Å². The second kappa shape index (κ2) is 5.60. The minimum Gasteiger partial charge on any atom is -0.319 e. The van der Waals surface area contributed by atoms with Crippen molar-refractivity contribution in [3.63, 3.8) is 0 Å². The predicted octanol–water partition coefficient (Wildman–Crippen LogP) is 1.85. The Morgan fingerprint density at radius 1 is 1.44 bits per heavy atom. The Bertz CT molecular complexity index is 628. The van der Waals surface area contributed by atoms with Gasteiger partial charge in [-0.2, -0.15) is 0 Å². The quantitative estimate of drug-likeness (QED) is 0.806. The van der Waals surface area contributed by atoms with Crippen molar-refractivity contribution in [3.8, 4) is 0 Å². The number of benzene rings is 1. The van der Waals surface area contributed by atoms with E-state index in [1.165, 1.54) is 0 Å². The zero-order valence-electron chi connectivity index (χ0n) is 10.7. The fourth-order valence-corrected chi connectivity index (χ4v) is 1.82. The molecule has 4 nitrogen and oxygen atoms in total. The molecule has 0 saturated carbocycles. The largest absolute Gasteiger partial charge is 0.319 e. The van der Waals surface area contributed by atoms with E-state index in [0.717, 1.165) is 24.0 Å². The Morgan fingerprint density at radius 3 is 3.06 bits per heavy atom. The lowest BCUT2D eigenvalue weighted by atomic mass is 10.1. The van der Waals surface area contributed by atoms with Crippen molar-refractivity contribution in [1.29, 1.82) is 0 Å². The number of hydrogen-bond acceptors (Lipinski definition) is 3. The monoisotopic (exact) mass is 243 g/mol. The number of aromatic nitrogens is 2. The topological polar surface area (TPSA) is 57.8 Å². The normalized spacial score (nSPS) is 11.4. The molecule has 0 aliphatic rings. The van der Waals surface area contributed by atoms with Gasteiger partial charge >= 0.3 is 0 Å². The number of fused-ring (bicyclic) bond motifs is 1. The van der Waals surface area contributed by atoms with E-state index >= 15 is 0 Å². The third-order valence-electron chi connectivity index (χ3n) is 2.72. The standard InChI is InChI=1S/C14H17N3O/c1-10-16-13-7-6-11(5-3-4-8-15-2)9-12(13)14(18)17-10/h3,5-7,9,15H,4,8H2,1-2H3,(H,16,17,18). The molecule has 0 fully saturated rings. The van der Waals surface area contributed by atoms with Gasteiger partial charge in [0.25, 0.3) is 5.56 Å². The van der Waals surface area contributed by atoms with Gasteiger partial charge in [-0.15, -0.1) is 0 Å². The molecule has 0 radical (unpaired) electrons. The first kappa shape index (κ1) is 12.5. The summed E-state index contributed by atoms with van der Waals surface area (Å²) in [6, 6.07) is 5.73. The van der Waals surface area contributed by atoms with E-state index in [0.29, 0.717) is 11.2 Å². The van der Waals surface area contributed by atoms with Crippen molar-refractivity contribution < 1.29 is 0 Å². The van der Waals surface area contributed by atoms with Crippen LogP contribution in [0.25, 0.3) is 17.0 Å². The first-order chi connectivity index (χ1) is 8.70. The van der Waals surface area contributed by atoms with Gasteiger partial charge in [0.15, 0.2) is 0 Å². The molecule has 0 spiro atoms. The van der Waals surface area contributed by atoms with Gasteiger partial charge in [-0.1, -0.05) is 18.2 Å². The molecule has 0 bridgehead atoms. The van der Waals surface area contributed by atoms with Gasteiger partial charge in [0, 0.05) is 0 Å². The van der Waals surface area contributed by atoms with Crippen LogP contribution in [0.1, 0.15) is 17.8 Å². The molecule has 2 N–H and O–H groups in total. The molecule has 2 aromatic rings. The van der Waals surface area contributed by atoms with Crippen molar-refractivity contribution >= 4 is 17.0 Å². The fourth-order valence-electron chi connectivity index (χ4n) is 1.82. The van der Waals surface area contributed by atoms with E-state index in [9.17, 15) is 4.79 Å². The lowest BCUT2D eigenvalue weighted by molar-refractivity contribution is 0.809. The summed E-state index contributed by atoms with van der Waals surface area (Å²) in [6.07, 6.45) is 5.08. The molecule has 0 aliphatic heterocycles. The molecule has 0 atom stereocenters. The highest BCUT2D eigenvalue weighted by molar-refractivity contribution is 5.80. The van der Waals surface area contributed by atoms with Crippen LogP contribution < -0.4 is 10.9 Å². The van der Waals surface area contributed by atoms with Gasteiger partial charge in [0.1, 0.15) is 5.82 Å². The maximum Gasteiger partial charge on any atom is 0.258 e. The van der Waals surface area contributed by atoms with E-state index in [1.54, 1.807) is 6.92 Å². The summed E-state index contributed by atoms with van der Waals surface area (Å²) < 4.78 is 0. The van der Waals surface area contributed by atoms with Gasteiger partial charge in [-0.25, -0.2) is 4.98 Å². The van der Waals surface area contributed by atoms with Gasteiger partial charge < -0.3 is 10.3 Å². The number of aromatic amines is 1. The summed E-state index contributed by atoms with van der Waals surface area (Å²) in [7, 11) is 1.93. The molecular weight excluding hydrogens is 226 g/mol. The van der Waals surface area contributed by atoms with Crippen molar-refractivity contribution in [3.05, 3.63) is 46.0 Å². The second-order valence-electron chi connectivity index (χ2n) is 4.22. The summed E-state index contributed by atoms with van der Waals surface area (Å²) in [6.45, 7) is 2.73. The van der Waals surface area contributed by atoms with Crippen LogP contribution in [-0.4, -0.2) is 23.6 Å². The molecule has 1 aromatic carbocycles. The average Bonchev–Trinajstić information content (AvgIpc) is 2.35. The zero-order valence-corrected chi connectivity index (χ0v) is 10.7. The highest BCUT2D eigenvalue weighted by Crippen LogP contribution is 2.11. The number of rotatable bonds is 4. The highest BCUT2D eigenvalue weighted by atomic mass is 16.1. The van der Waals surface area contributed by atoms with Crippen molar-refractivity contribution in [2.45, 2.75) is 13.3 Å². The van der Waals surface area contributed by atoms with Crippen LogP contribution in [0, 0.1) is 6.92 Å². The molecule has 0 aliphatic carbocycles. The first-order valence-electron chi connectivity index (χ1n) is 6.02. The van der Waals surface area contributed by atoms with E-state index in [1.807, 2.05) is 31.3 Å². The van der Waals surface area contributed by atoms with E-state index in [2.05, 4.69) is 21.4 Å². The van der Waals surface area contributed by atoms with Gasteiger partial charge in [0.05, 0.1) is 10.9 Å². The van der Waals surface area contributed by atoms with E-state index in [-0.39, 0.29) is 5.56 Å². The molecule has 94 valence electrons.